The van der Waals surface area contributed by atoms with Gasteiger partial charge in [-0.15, -0.1) is 23.1 Å². The minimum absolute atomic E-state index is 0.140. The molecule has 0 radical (unpaired) electrons. The molecular formula is C27H21N3O7S2. The largest absolute Gasteiger partial charge is 0.497 e. The molecule has 0 aliphatic carbocycles. The summed E-state index contributed by atoms with van der Waals surface area (Å²) in [4.78, 5) is 52.9. The summed E-state index contributed by atoms with van der Waals surface area (Å²) >= 11 is 2.62. The molecular weight excluding hydrogens is 542 g/mol. The van der Waals surface area contributed by atoms with Crippen LogP contribution in [0.3, 0.4) is 0 Å². The number of carboxylic acids is 2. The van der Waals surface area contributed by atoms with Crippen molar-refractivity contribution in [2.45, 2.75) is 4.90 Å². The molecule has 4 N–H and O–H groups in total. The fraction of sp³-hybridized carbons (Fsp3) is 0.0741. The molecule has 3 aromatic carbocycles. The average Bonchev–Trinajstić information content (AvgIpc) is 3.40. The normalized spacial score (nSPS) is 10.5. The monoisotopic (exact) mass is 563 g/mol. The Labute approximate surface area is 230 Å². The zero-order valence-electron chi connectivity index (χ0n) is 20.3. The lowest BCUT2D eigenvalue weighted by Gasteiger charge is -2.09. The SMILES string of the molecule is COc1ccc(-c2csc(NC(=O)CSc3ccc(NC(=O)c4ccc(C(=O)O)cc4C(=O)O)cc3)n2)cc1. The number of amides is 2. The van der Waals surface area contributed by atoms with Gasteiger partial charge in [-0.05, 0) is 66.7 Å². The average molecular weight is 564 g/mol. The highest BCUT2D eigenvalue weighted by atomic mass is 32.2. The minimum atomic E-state index is -1.41. The molecule has 0 unspecified atom stereocenters. The van der Waals surface area contributed by atoms with E-state index in [1.807, 2.05) is 29.6 Å². The van der Waals surface area contributed by atoms with Gasteiger partial charge in [-0.2, -0.15) is 0 Å². The Bertz CT molecular complexity index is 1530. The van der Waals surface area contributed by atoms with Crippen LogP contribution in [0.25, 0.3) is 11.3 Å². The maximum absolute atomic E-state index is 12.6. The second-order valence-electron chi connectivity index (χ2n) is 7.95. The van der Waals surface area contributed by atoms with Crippen LogP contribution >= 0.6 is 23.1 Å². The van der Waals surface area contributed by atoms with E-state index >= 15 is 0 Å². The second-order valence-corrected chi connectivity index (χ2v) is 9.86. The van der Waals surface area contributed by atoms with Gasteiger partial charge in [0, 0.05) is 21.5 Å². The molecule has 0 fully saturated rings. The number of hydrogen-bond donors (Lipinski definition) is 4. The van der Waals surface area contributed by atoms with Gasteiger partial charge in [0.05, 0.1) is 35.2 Å². The lowest BCUT2D eigenvalue weighted by molar-refractivity contribution is -0.113. The van der Waals surface area contributed by atoms with Gasteiger partial charge in [-0.25, -0.2) is 14.6 Å². The van der Waals surface area contributed by atoms with Gasteiger partial charge in [0.15, 0.2) is 5.13 Å². The van der Waals surface area contributed by atoms with Gasteiger partial charge < -0.3 is 25.6 Å². The number of carboxylic acid groups (broad SMARTS) is 2. The number of anilines is 2. The van der Waals surface area contributed by atoms with E-state index in [0.717, 1.165) is 34.0 Å². The van der Waals surface area contributed by atoms with Crippen LogP contribution in [-0.4, -0.2) is 51.8 Å². The summed E-state index contributed by atoms with van der Waals surface area (Å²) in [7, 11) is 1.60. The van der Waals surface area contributed by atoms with E-state index in [0.29, 0.717) is 10.8 Å². The molecule has 10 nitrogen and oxygen atoms in total. The predicted octanol–water partition coefficient (Wildman–Crippen LogP) is 5.20. The fourth-order valence-electron chi connectivity index (χ4n) is 3.41. The third kappa shape index (κ3) is 7.00. The summed E-state index contributed by atoms with van der Waals surface area (Å²) in [6.07, 6.45) is 0. The lowest BCUT2D eigenvalue weighted by Crippen LogP contribution is -2.17. The third-order valence-corrected chi connectivity index (χ3v) is 7.13. The molecule has 0 spiro atoms. The van der Waals surface area contributed by atoms with Gasteiger partial charge >= 0.3 is 11.9 Å². The number of methoxy groups -OCH3 is 1. The summed E-state index contributed by atoms with van der Waals surface area (Å²) in [6.45, 7) is 0. The Balaban J connectivity index is 1.31. The first-order valence-corrected chi connectivity index (χ1v) is 13.1. The number of carbonyl (C=O) groups excluding carboxylic acids is 2. The Morgan fingerprint density at radius 3 is 2.26 bits per heavy atom. The van der Waals surface area contributed by atoms with Crippen LogP contribution in [0.1, 0.15) is 31.1 Å². The first-order chi connectivity index (χ1) is 18.7. The van der Waals surface area contributed by atoms with Gasteiger partial charge in [0.1, 0.15) is 5.75 Å². The standard InChI is InChI=1S/C27H21N3O7S2/c1-37-18-7-2-15(3-8-18)22-13-39-27(29-22)30-23(31)14-38-19-9-5-17(6-10-19)28-24(32)20-11-4-16(25(33)34)12-21(20)26(35)36/h2-13H,14H2,1H3,(H,28,32)(H,33,34)(H,35,36)(H,29,30,31). The summed E-state index contributed by atoms with van der Waals surface area (Å²) in [5.41, 5.74) is 1.24. The number of hydrogen-bond acceptors (Lipinski definition) is 8. The van der Waals surface area contributed by atoms with Crippen molar-refractivity contribution >= 4 is 57.7 Å². The summed E-state index contributed by atoms with van der Waals surface area (Å²) in [5.74, 6) is -2.74. The van der Waals surface area contributed by atoms with Gasteiger partial charge in [0.25, 0.3) is 5.91 Å². The Hall–Kier alpha value is -4.68. The van der Waals surface area contributed by atoms with Crippen LogP contribution in [-0.2, 0) is 4.79 Å². The Morgan fingerprint density at radius 2 is 1.62 bits per heavy atom. The maximum Gasteiger partial charge on any atom is 0.336 e. The molecule has 198 valence electrons. The van der Waals surface area contributed by atoms with Crippen molar-refractivity contribution in [3.8, 4) is 17.0 Å². The number of ether oxygens (including phenoxy) is 1. The van der Waals surface area contributed by atoms with Crippen LogP contribution in [0.4, 0.5) is 10.8 Å². The topological polar surface area (TPSA) is 155 Å². The molecule has 0 saturated carbocycles. The van der Waals surface area contributed by atoms with Gasteiger partial charge in [0.2, 0.25) is 5.91 Å². The summed E-state index contributed by atoms with van der Waals surface area (Å²) < 4.78 is 5.16. The number of nitrogens with one attached hydrogen (secondary N) is 2. The fourth-order valence-corrected chi connectivity index (χ4v) is 4.85. The zero-order chi connectivity index (χ0) is 27.9. The van der Waals surface area contributed by atoms with Crippen molar-refractivity contribution in [3.63, 3.8) is 0 Å². The van der Waals surface area contributed by atoms with Crippen LogP contribution < -0.4 is 15.4 Å². The smallest absolute Gasteiger partial charge is 0.336 e. The highest BCUT2D eigenvalue weighted by Gasteiger charge is 2.19. The van der Waals surface area contributed by atoms with E-state index in [1.165, 1.54) is 29.2 Å². The van der Waals surface area contributed by atoms with Crippen LogP contribution in [0.2, 0.25) is 0 Å². The number of rotatable bonds is 10. The Kier molecular flexibility index (Phi) is 8.59. The quantitative estimate of drug-likeness (QED) is 0.191. The molecule has 1 heterocycles. The minimum Gasteiger partial charge on any atom is -0.497 e. The summed E-state index contributed by atoms with van der Waals surface area (Å²) in [5, 5.41) is 26.2. The van der Waals surface area contributed by atoms with Gasteiger partial charge in [-0.3, -0.25) is 9.59 Å². The van der Waals surface area contributed by atoms with Crippen LogP contribution in [0.5, 0.6) is 5.75 Å². The molecule has 0 aliphatic heterocycles. The van der Waals surface area contributed by atoms with Crippen molar-refractivity contribution in [3.05, 3.63) is 88.8 Å². The lowest BCUT2D eigenvalue weighted by atomic mass is 10.0. The van der Waals surface area contributed by atoms with Crippen molar-refractivity contribution in [2.75, 3.05) is 23.5 Å². The maximum atomic E-state index is 12.6. The zero-order valence-corrected chi connectivity index (χ0v) is 22.0. The van der Waals surface area contributed by atoms with Crippen LogP contribution in [0, 0.1) is 0 Å². The number of aromatic nitrogens is 1. The first kappa shape index (κ1) is 27.4. The first-order valence-electron chi connectivity index (χ1n) is 11.3. The van der Waals surface area contributed by atoms with Gasteiger partial charge in [-0.1, -0.05) is 0 Å². The molecule has 4 rings (SSSR count). The van der Waals surface area contributed by atoms with Crippen molar-refractivity contribution in [1.82, 2.24) is 4.98 Å². The molecule has 12 heteroatoms. The molecule has 39 heavy (non-hydrogen) atoms. The highest BCUT2D eigenvalue weighted by Crippen LogP contribution is 2.27. The third-order valence-electron chi connectivity index (χ3n) is 5.36. The highest BCUT2D eigenvalue weighted by molar-refractivity contribution is 8.00. The molecule has 0 atom stereocenters. The molecule has 0 aliphatic rings. The van der Waals surface area contributed by atoms with E-state index in [9.17, 15) is 24.3 Å². The van der Waals surface area contributed by atoms with E-state index in [2.05, 4.69) is 15.6 Å². The Morgan fingerprint density at radius 1 is 0.897 bits per heavy atom. The number of benzene rings is 3. The molecule has 0 saturated heterocycles. The second kappa shape index (κ2) is 12.2. The van der Waals surface area contributed by atoms with Crippen LogP contribution in [0.15, 0.2) is 77.0 Å². The van der Waals surface area contributed by atoms with Crippen molar-refractivity contribution < 1.29 is 34.1 Å². The van der Waals surface area contributed by atoms with E-state index < -0.39 is 23.4 Å². The van der Waals surface area contributed by atoms with E-state index in [1.54, 1.807) is 31.4 Å². The number of thiazole rings is 1. The number of aromatic carboxylic acids is 2. The van der Waals surface area contributed by atoms with Crippen molar-refractivity contribution in [2.24, 2.45) is 0 Å². The number of nitrogens with zero attached hydrogens (tertiary/aromatic N) is 1. The molecule has 2 amide bonds. The van der Waals surface area contributed by atoms with E-state index in [4.69, 9.17) is 9.84 Å². The van der Waals surface area contributed by atoms with E-state index in [-0.39, 0.29) is 22.8 Å². The number of carbonyl (C=O) groups is 4. The number of thioether (sulfide) groups is 1. The molecule has 0 bridgehead atoms. The molecule has 4 aromatic rings. The predicted molar refractivity (Wildman–Crippen MR) is 148 cm³/mol. The summed E-state index contributed by atoms with van der Waals surface area (Å²) in [6, 6.07) is 17.4. The van der Waals surface area contributed by atoms with Crippen molar-refractivity contribution in [1.29, 1.82) is 0 Å². The molecule has 1 aromatic heterocycles.